The van der Waals surface area contributed by atoms with Gasteiger partial charge in [0.05, 0.1) is 5.69 Å². The highest BCUT2D eigenvalue weighted by atomic mass is 32.1. The van der Waals surface area contributed by atoms with E-state index in [1.54, 1.807) is 23.5 Å². The summed E-state index contributed by atoms with van der Waals surface area (Å²) in [5.74, 6) is -1.02. The van der Waals surface area contributed by atoms with Crippen molar-refractivity contribution in [1.29, 1.82) is 0 Å². The lowest BCUT2D eigenvalue weighted by Gasteiger charge is -2.06. The van der Waals surface area contributed by atoms with E-state index in [1.807, 2.05) is 17.5 Å². The molecule has 2 N–H and O–H groups in total. The van der Waals surface area contributed by atoms with Crippen LogP contribution in [0, 0.1) is 0 Å². The molecule has 2 aromatic heterocycles. The first-order chi connectivity index (χ1) is 7.77. The van der Waals surface area contributed by atoms with Gasteiger partial charge in [0.15, 0.2) is 5.69 Å². The minimum atomic E-state index is -1.02. The van der Waals surface area contributed by atoms with Crippen molar-refractivity contribution < 1.29 is 9.90 Å². The van der Waals surface area contributed by atoms with Gasteiger partial charge in [-0.1, -0.05) is 6.07 Å². The van der Waals surface area contributed by atoms with E-state index in [2.05, 4.69) is 10.3 Å². The van der Waals surface area contributed by atoms with E-state index in [4.69, 9.17) is 5.11 Å². The third kappa shape index (κ3) is 2.38. The summed E-state index contributed by atoms with van der Waals surface area (Å²) in [6, 6.07) is 7.38. The quantitative estimate of drug-likeness (QED) is 0.853. The molecule has 0 unspecified atom stereocenters. The molecule has 0 spiro atoms. The van der Waals surface area contributed by atoms with Crippen LogP contribution in [0.4, 0.5) is 5.69 Å². The highest BCUT2D eigenvalue weighted by Gasteiger charge is 2.10. The van der Waals surface area contributed by atoms with Crippen LogP contribution in [0.3, 0.4) is 0 Å². The molecule has 16 heavy (non-hydrogen) atoms. The minimum Gasteiger partial charge on any atom is -0.476 e. The summed E-state index contributed by atoms with van der Waals surface area (Å²) in [6.45, 7) is 0.615. The third-order valence-electron chi connectivity index (χ3n) is 2.04. The third-order valence-corrected chi connectivity index (χ3v) is 2.92. The number of aromatic carboxylic acids is 1. The largest absolute Gasteiger partial charge is 0.476 e. The molecule has 0 fully saturated rings. The van der Waals surface area contributed by atoms with E-state index >= 15 is 0 Å². The van der Waals surface area contributed by atoms with Crippen LogP contribution >= 0.6 is 11.3 Å². The summed E-state index contributed by atoms with van der Waals surface area (Å²) in [7, 11) is 0. The molecular formula is C11H10N2O2S. The Balaban J connectivity index is 2.12. The van der Waals surface area contributed by atoms with Gasteiger partial charge in [0.25, 0.3) is 0 Å². The Morgan fingerprint density at radius 3 is 3.00 bits per heavy atom. The molecule has 0 radical (unpaired) electrons. The predicted octanol–water partition coefficient (Wildman–Crippen LogP) is 2.45. The summed E-state index contributed by atoms with van der Waals surface area (Å²) in [5.41, 5.74) is 0.599. The number of carboxylic acid groups (broad SMARTS) is 1. The summed E-state index contributed by atoms with van der Waals surface area (Å²) < 4.78 is 0. The van der Waals surface area contributed by atoms with Crippen LogP contribution in [0.2, 0.25) is 0 Å². The van der Waals surface area contributed by atoms with Crippen LogP contribution < -0.4 is 5.32 Å². The number of carboxylic acids is 1. The number of carbonyl (C=O) groups is 1. The first-order valence-corrected chi connectivity index (χ1v) is 5.60. The molecule has 0 amide bonds. The molecule has 5 heteroatoms. The number of rotatable bonds is 4. The van der Waals surface area contributed by atoms with Crippen LogP contribution in [-0.4, -0.2) is 16.1 Å². The number of aromatic nitrogens is 1. The average Bonchev–Trinajstić information content (AvgIpc) is 2.79. The summed E-state index contributed by atoms with van der Waals surface area (Å²) >= 11 is 1.63. The molecular weight excluding hydrogens is 224 g/mol. The van der Waals surface area contributed by atoms with Gasteiger partial charge in [-0.05, 0) is 23.6 Å². The van der Waals surface area contributed by atoms with Gasteiger partial charge in [-0.2, -0.15) is 0 Å². The van der Waals surface area contributed by atoms with Crippen molar-refractivity contribution >= 4 is 23.0 Å². The van der Waals surface area contributed by atoms with Crippen molar-refractivity contribution in [2.45, 2.75) is 6.54 Å². The maximum atomic E-state index is 10.9. The fraction of sp³-hybridized carbons (Fsp3) is 0.0909. The van der Waals surface area contributed by atoms with E-state index < -0.39 is 5.97 Å². The lowest BCUT2D eigenvalue weighted by Crippen LogP contribution is -2.07. The molecule has 2 aromatic rings. The second kappa shape index (κ2) is 4.76. The zero-order valence-corrected chi connectivity index (χ0v) is 9.20. The van der Waals surface area contributed by atoms with Gasteiger partial charge >= 0.3 is 5.97 Å². The highest BCUT2D eigenvalue weighted by molar-refractivity contribution is 7.09. The zero-order valence-electron chi connectivity index (χ0n) is 8.38. The number of hydrogen-bond acceptors (Lipinski definition) is 4. The monoisotopic (exact) mass is 234 g/mol. The number of pyridine rings is 1. The van der Waals surface area contributed by atoms with Crippen LogP contribution in [0.15, 0.2) is 35.8 Å². The topological polar surface area (TPSA) is 62.2 Å². The normalized spacial score (nSPS) is 10.0. The molecule has 4 nitrogen and oxygen atoms in total. The number of nitrogens with zero attached hydrogens (tertiary/aromatic N) is 1. The zero-order chi connectivity index (χ0) is 11.4. The van der Waals surface area contributed by atoms with Crippen molar-refractivity contribution in [3.63, 3.8) is 0 Å². The molecule has 82 valence electrons. The molecule has 0 saturated heterocycles. The number of nitrogens with one attached hydrogen (secondary N) is 1. The van der Waals surface area contributed by atoms with Crippen molar-refractivity contribution in [2.75, 3.05) is 5.32 Å². The Hall–Kier alpha value is -1.88. The fourth-order valence-electron chi connectivity index (χ4n) is 1.31. The van der Waals surface area contributed by atoms with Gasteiger partial charge in [0, 0.05) is 17.6 Å². The lowest BCUT2D eigenvalue weighted by molar-refractivity contribution is 0.0691. The van der Waals surface area contributed by atoms with Crippen LogP contribution in [0.25, 0.3) is 0 Å². The first-order valence-electron chi connectivity index (χ1n) is 4.72. The smallest absolute Gasteiger partial charge is 0.356 e. The number of hydrogen-bond donors (Lipinski definition) is 2. The molecule has 0 aliphatic heterocycles. The maximum absolute atomic E-state index is 10.9. The summed E-state index contributed by atoms with van der Waals surface area (Å²) in [6.07, 6.45) is 1.47. The van der Waals surface area contributed by atoms with Crippen molar-refractivity contribution in [3.05, 3.63) is 46.4 Å². The van der Waals surface area contributed by atoms with Crippen LogP contribution in [0.1, 0.15) is 15.4 Å². The fourth-order valence-corrected chi connectivity index (χ4v) is 1.96. The van der Waals surface area contributed by atoms with Gasteiger partial charge < -0.3 is 10.4 Å². The Morgan fingerprint density at radius 1 is 1.44 bits per heavy atom. The van der Waals surface area contributed by atoms with Gasteiger partial charge in [0.2, 0.25) is 0 Å². The standard InChI is InChI=1S/C11H10N2O2S/c14-11(15)10-9(4-1-5-12-10)13-7-8-3-2-6-16-8/h1-6,13H,7H2,(H,14,15). The van der Waals surface area contributed by atoms with Gasteiger partial charge in [-0.15, -0.1) is 11.3 Å². The number of thiophene rings is 1. The SMILES string of the molecule is O=C(O)c1ncccc1NCc1cccs1. The molecule has 2 rings (SSSR count). The van der Waals surface area contributed by atoms with E-state index in [-0.39, 0.29) is 5.69 Å². The molecule has 0 bridgehead atoms. The average molecular weight is 234 g/mol. The van der Waals surface area contributed by atoms with E-state index in [0.717, 1.165) is 4.88 Å². The van der Waals surface area contributed by atoms with Crippen LogP contribution in [-0.2, 0) is 6.54 Å². The first kappa shape index (κ1) is 10.6. The molecule has 0 aromatic carbocycles. The Labute approximate surface area is 96.6 Å². The second-order valence-electron chi connectivity index (χ2n) is 3.14. The molecule has 0 aliphatic carbocycles. The second-order valence-corrected chi connectivity index (χ2v) is 4.17. The number of anilines is 1. The highest BCUT2D eigenvalue weighted by Crippen LogP contribution is 2.15. The molecule has 0 saturated carbocycles. The van der Waals surface area contributed by atoms with Gasteiger partial charge in [-0.3, -0.25) is 0 Å². The maximum Gasteiger partial charge on any atom is 0.356 e. The van der Waals surface area contributed by atoms with E-state index in [1.165, 1.54) is 6.20 Å². The van der Waals surface area contributed by atoms with Crippen molar-refractivity contribution in [2.24, 2.45) is 0 Å². The van der Waals surface area contributed by atoms with E-state index in [9.17, 15) is 4.79 Å². The summed E-state index contributed by atoms with van der Waals surface area (Å²) in [4.78, 5) is 15.9. The van der Waals surface area contributed by atoms with Crippen LogP contribution in [0.5, 0.6) is 0 Å². The predicted molar refractivity (Wildman–Crippen MR) is 62.8 cm³/mol. The molecule has 0 atom stereocenters. The Kier molecular flexibility index (Phi) is 3.16. The molecule has 2 heterocycles. The Morgan fingerprint density at radius 2 is 2.31 bits per heavy atom. The van der Waals surface area contributed by atoms with Crippen molar-refractivity contribution in [1.82, 2.24) is 4.98 Å². The van der Waals surface area contributed by atoms with Gasteiger partial charge in [0.1, 0.15) is 0 Å². The summed E-state index contributed by atoms with van der Waals surface area (Å²) in [5, 5.41) is 14.0. The van der Waals surface area contributed by atoms with E-state index in [0.29, 0.717) is 12.2 Å². The lowest BCUT2D eigenvalue weighted by atomic mass is 10.3. The minimum absolute atomic E-state index is 0.0547. The van der Waals surface area contributed by atoms with Gasteiger partial charge in [-0.25, -0.2) is 9.78 Å². The molecule has 0 aliphatic rings. The van der Waals surface area contributed by atoms with Crippen molar-refractivity contribution in [3.8, 4) is 0 Å². The Bertz CT molecular complexity index is 482.